The van der Waals surface area contributed by atoms with Crippen LogP contribution in [0.2, 0.25) is 0 Å². The van der Waals surface area contributed by atoms with Crippen LogP contribution in [0.3, 0.4) is 0 Å². The third-order valence-electron chi connectivity index (χ3n) is 3.16. The van der Waals surface area contributed by atoms with Gasteiger partial charge in [0, 0.05) is 13.3 Å². The van der Waals surface area contributed by atoms with E-state index in [2.05, 4.69) is 10.4 Å². The van der Waals surface area contributed by atoms with Crippen molar-refractivity contribution in [1.82, 2.24) is 15.1 Å². The number of ether oxygens (including phenoxy) is 1. The minimum atomic E-state index is -1.50. The van der Waals surface area contributed by atoms with Gasteiger partial charge in [0.2, 0.25) is 0 Å². The molecule has 0 aliphatic rings. The highest BCUT2D eigenvalue weighted by atomic mass is 16.5. The number of nitrogens with zero attached hydrogens (tertiary/aromatic N) is 2. The van der Waals surface area contributed by atoms with E-state index in [0.717, 1.165) is 5.69 Å². The number of aliphatic carboxylic acids is 1. The number of hydrogen-bond donors (Lipinski definition) is 2. The third-order valence-corrected chi connectivity index (χ3v) is 3.16. The summed E-state index contributed by atoms with van der Waals surface area (Å²) >= 11 is 0. The molecule has 7 nitrogen and oxygen atoms in total. The van der Waals surface area contributed by atoms with Crippen molar-refractivity contribution in [3.05, 3.63) is 48.3 Å². The Bertz CT molecular complexity index is 668. The zero-order valence-electron chi connectivity index (χ0n) is 12.3. The van der Waals surface area contributed by atoms with Crippen LogP contribution in [0.5, 0.6) is 0 Å². The molecule has 1 amide bonds. The second-order valence-corrected chi connectivity index (χ2v) is 5.03. The number of para-hydroxylation sites is 1. The smallest absolute Gasteiger partial charge is 0.331 e. The third kappa shape index (κ3) is 3.32. The molecule has 2 rings (SSSR count). The average Bonchev–Trinajstić information content (AvgIpc) is 2.98. The van der Waals surface area contributed by atoms with Crippen LogP contribution in [0.25, 0.3) is 5.69 Å². The van der Waals surface area contributed by atoms with Gasteiger partial charge in [0.25, 0.3) is 5.91 Å². The maximum Gasteiger partial charge on any atom is 0.331 e. The minimum absolute atomic E-state index is 0.138. The Morgan fingerprint density at radius 3 is 2.64 bits per heavy atom. The molecule has 2 aromatic rings. The van der Waals surface area contributed by atoms with Crippen LogP contribution in [-0.2, 0) is 9.53 Å². The molecule has 1 heterocycles. The van der Waals surface area contributed by atoms with Gasteiger partial charge in [0.15, 0.2) is 5.54 Å². The van der Waals surface area contributed by atoms with Gasteiger partial charge < -0.3 is 15.2 Å². The van der Waals surface area contributed by atoms with E-state index >= 15 is 0 Å². The molecule has 1 unspecified atom stereocenters. The van der Waals surface area contributed by atoms with Gasteiger partial charge in [-0.3, -0.25) is 4.79 Å². The molecule has 0 radical (unpaired) electrons. The number of carbonyl (C=O) groups is 2. The van der Waals surface area contributed by atoms with E-state index in [9.17, 15) is 14.7 Å². The van der Waals surface area contributed by atoms with E-state index in [-0.39, 0.29) is 12.2 Å². The summed E-state index contributed by atoms with van der Waals surface area (Å²) in [6, 6.07) is 9.29. The Balaban J connectivity index is 2.17. The first-order chi connectivity index (χ1) is 10.5. The zero-order chi connectivity index (χ0) is 16.2. The molecular formula is C15H17N3O4. The predicted molar refractivity (Wildman–Crippen MR) is 78.9 cm³/mol. The molecular weight excluding hydrogens is 286 g/mol. The number of benzene rings is 1. The fourth-order valence-electron chi connectivity index (χ4n) is 1.92. The fraction of sp³-hybridized carbons (Fsp3) is 0.267. The van der Waals surface area contributed by atoms with E-state index in [1.54, 1.807) is 10.9 Å². The second kappa shape index (κ2) is 6.40. The molecule has 2 N–H and O–H groups in total. The molecule has 0 bridgehead atoms. The summed E-state index contributed by atoms with van der Waals surface area (Å²) < 4.78 is 6.41. The summed E-state index contributed by atoms with van der Waals surface area (Å²) in [5.41, 5.74) is -0.424. The molecule has 1 aromatic carbocycles. The van der Waals surface area contributed by atoms with Crippen molar-refractivity contribution in [3.8, 4) is 5.69 Å². The van der Waals surface area contributed by atoms with E-state index in [1.165, 1.54) is 20.2 Å². The lowest BCUT2D eigenvalue weighted by Gasteiger charge is -2.24. The second-order valence-electron chi connectivity index (χ2n) is 5.03. The molecule has 0 fully saturated rings. The largest absolute Gasteiger partial charge is 0.479 e. The van der Waals surface area contributed by atoms with Crippen molar-refractivity contribution < 1.29 is 19.4 Å². The zero-order valence-corrected chi connectivity index (χ0v) is 12.3. The predicted octanol–water partition coefficient (Wildman–Crippen LogP) is 1.09. The first-order valence-corrected chi connectivity index (χ1v) is 6.61. The van der Waals surface area contributed by atoms with Crippen LogP contribution in [0.15, 0.2) is 42.7 Å². The first-order valence-electron chi connectivity index (χ1n) is 6.61. The van der Waals surface area contributed by atoms with Crippen LogP contribution in [-0.4, -0.2) is 46.0 Å². The molecule has 0 saturated heterocycles. The summed E-state index contributed by atoms with van der Waals surface area (Å²) in [6.07, 6.45) is 2.93. The number of aromatic nitrogens is 2. The number of carboxylic acid groups (broad SMARTS) is 1. The Morgan fingerprint density at radius 1 is 1.36 bits per heavy atom. The fourth-order valence-corrected chi connectivity index (χ4v) is 1.92. The number of hydrogen-bond acceptors (Lipinski definition) is 4. The van der Waals surface area contributed by atoms with Crippen molar-refractivity contribution in [3.63, 3.8) is 0 Å². The average molecular weight is 303 g/mol. The Kier molecular flexibility index (Phi) is 4.57. The lowest BCUT2D eigenvalue weighted by Crippen LogP contribution is -2.55. The quantitative estimate of drug-likeness (QED) is 0.833. The van der Waals surface area contributed by atoms with Gasteiger partial charge in [-0.15, -0.1) is 0 Å². The molecule has 0 aliphatic heterocycles. The highest BCUT2D eigenvalue weighted by molar-refractivity contribution is 5.97. The van der Waals surface area contributed by atoms with E-state index < -0.39 is 17.4 Å². The normalized spacial score (nSPS) is 13.4. The Hall–Kier alpha value is -2.67. The van der Waals surface area contributed by atoms with Gasteiger partial charge in [-0.1, -0.05) is 18.2 Å². The van der Waals surface area contributed by atoms with Crippen molar-refractivity contribution in [2.75, 3.05) is 13.7 Å². The van der Waals surface area contributed by atoms with Gasteiger partial charge in [0.1, 0.15) is 0 Å². The summed E-state index contributed by atoms with van der Waals surface area (Å²) in [7, 11) is 1.38. The van der Waals surface area contributed by atoms with Crippen molar-refractivity contribution in [2.45, 2.75) is 12.5 Å². The SMILES string of the molecule is COCC(C)(NC(=O)c1cnn(-c2ccccc2)c1)C(=O)O. The molecule has 22 heavy (non-hydrogen) atoms. The summed E-state index contributed by atoms with van der Waals surface area (Å²) in [4.78, 5) is 23.5. The Morgan fingerprint density at radius 2 is 2.05 bits per heavy atom. The number of rotatable bonds is 6. The standard InChI is InChI=1S/C15H17N3O4/c1-15(10-22-2,14(20)21)17-13(19)11-8-16-18(9-11)12-6-4-3-5-7-12/h3-9H,10H2,1-2H3,(H,17,19)(H,20,21). The van der Waals surface area contributed by atoms with Crippen molar-refractivity contribution in [2.24, 2.45) is 0 Å². The van der Waals surface area contributed by atoms with Gasteiger partial charge >= 0.3 is 5.97 Å². The highest BCUT2D eigenvalue weighted by Crippen LogP contribution is 2.10. The number of carboxylic acids is 1. The molecule has 1 atom stereocenters. The number of nitrogens with one attached hydrogen (secondary N) is 1. The maximum atomic E-state index is 12.2. The van der Waals surface area contributed by atoms with E-state index in [4.69, 9.17) is 4.74 Å². The van der Waals surface area contributed by atoms with E-state index in [0.29, 0.717) is 0 Å². The lowest BCUT2D eigenvalue weighted by molar-refractivity contribution is -0.145. The molecule has 116 valence electrons. The van der Waals surface area contributed by atoms with Crippen molar-refractivity contribution in [1.29, 1.82) is 0 Å². The highest BCUT2D eigenvalue weighted by Gasteiger charge is 2.35. The topological polar surface area (TPSA) is 93.5 Å². The van der Waals surface area contributed by atoms with Gasteiger partial charge in [0.05, 0.1) is 24.1 Å². The first kappa shape index (κ1) is 15.7. The number of methoxy groups -OCH3 is 1. The maximum absolute atomic E-state index is 12.2. The molecule has 0 spiro atoms. The van der Waals surface area contributed by atoms with Crippen LogP contribution in [0.1, 0.15) is 17.3 Å². The monoisotopic (exact) mass is 303 g/mol. The molecule has 0 aliphatic carbocycles. The minimum Gasteiger partial charge on any atom is -0.479 e. The van der Waals surface area contributed by atoms with Crippen LogP contribution < -0.4 is 5.32 Å². The molecule has 1 aromatic heterocycles. The molecule has 0 saturated carbocycles. The Labute approximate surface area is 127 Å². The number of amides is 1. The summed E-state index contributed by atoms with van der Waals surface area (Å²) in [5, 5.41) is 15.8. The van der Waals surface area contributed by atoms with E-state index in [1.807, 2.05) is 30.3 Å². The van der Waals surface area contributed by atoms with Crippen LogP contribution in [0, 0.1) is 0 Å². The molecule has 7 heteroatoms. The van der Waals surface area contributed by atoms with Gasteiger partial charge in [-0.05, 0) is 19.1 Å². The van der Waals surface area contributed by atoms with Crippen LogP contribution in [0.4, 0.5) is 0 Å². The van der Waals surface area contributed by atoms with Crippen molar-refractivity contribution >= 4 is 11.9 Å². The summed E-state index contributed by atoms with van der Waals surface area (Å²) in [6.45, 7) is 1.25. The summed E-state index contributed by atoms with van der Waals surface area (Å²) in [5.74, 6) is -1.69. The van der Waals surface area contributed by atoms with Gasteiger partial charge in [-0.2, -0.15) is 5.10 Å². The lowest BCUT2D eigenvalue weighted by atomic mass is 10.0. The van der Waals surface area contributed by atoms with Crippen LogP contribution >= 0.6 is 0 Å². The van der Waals surface area contributed by atoms with Gasteiger partial charge in [-0.25, -0.2) is 9.48 Å². The number of carbonyl (C=O) groups excluding carboxylic acids is 1.